The van der Waals surface area contributed by atoms with E-state index in [0.717, 1.165) is 19.3 Å². The van der Waals surface area contributed by atoms with Crippen molar-refractivity contribution in [2.75, 3.05) is 7.11 Å². The van der Waals surface area contributed by atoms with Gasteiger partial charge < -0.3 is 9.84 Å². The largest absolute Gasteiger partial charge is 0.469 e. The molecule has 122 valence electrons. The average molecular weight is 306 g/mol. The summed E-state index contributed by atoms with van der Waals surface area (Å²) in [6, 6.07) is 0. The lowest BCUT2D eigenvalue weighted by atomic mass is 9.44. The van der Waals surface area contributed by atoms with Crippen LogP contribution >= 0.6 is 0 Å². The fourth-order valence-corrected chi connectivity index (χ4v) is 5.60. The molecule has 0 spiro atoms. The lowest BCUT2D eigenvalue weighted by Crippen LogP contribution is -2.58. The van der Waals surface area contributed by atoms with Crippen molar-refractivity contribution in [3.05, 3.63) is 12.2 Å². The molecule has 2 saturated carbocycles. The minimum atomic E-state index is -0.539. The number of hydrogen-bond donors (Lipinski definition) is 1. The maximum absolute atomic E-state index is 12.4. The van der Waals surface area contributed by atoms with E-state index < -0.39 is 11.5 Å². The summed E-state index contributed by atoms with van der Waals surface area (Å²) in [4.78, 5) is 24.2. The Bertz CT molecular complexity index is 525. The molecular formula is C18H26O4. The molecule has 0 aromatic carbocycles. The van der Waals surface area contributed by atoms with E-state index in [4.69, 9.17) is 4.74 Å². The highest BCUT2D eigenvalue weighted by Gasteiger charge is 2.61. The first-order valence-electron chi connectivity index (χ1n) is 8.30. The maximum Gasteiger partial charge on any atom is 0.311 e. The Morgan fingerprint density at radius 1 is 1.36 bits per heavy atom. The van der Waals surface area contributed by atoms with Crippen LogP contribution in [0.4, 0.5) is 0 Å². The zero-order valence-electron chi connectivity index (χ0n) is 13.7. The number of allylic oxidation sites excluding steroid dienone is 2. The number of esters is 1. The minimum absolute atomic E-state index is 0.00116. The van der Waals surface area contributed by atoms with E-state index in [0.29, 0.717) is 12.8 Å². The summed E-state index contributed by atoms with van der Waals surface area (Å²) in [6.45, 7) is 4.23. The predicted octanol–water partition coefficient (Wildman–Crippen LogP) is 2.50. The van der Waals surface area contributed by atoms with Crippen molar-refractivity contribution in [1.82, 2.24) is 0 Å². The van der Waals surface area contributed by atoms with Gasteiger partial charge in [-0.15, -0.1) is 0 Å². The Balaban J connectivity index is 2.03. The highest BCUT2D eigenvalue weighted by Crippen LogP contribution is 2.62. The standard InChI is InChI=1S/C18H26O4/c1-17-7-4-8-18(2,16(21)22-3)15(17)10-14(20)12-9-11(19)5-6-13(12)17/h5-6,12-15,20H,4,7-10H2,1-3H3/t12-,13+,14-,15-,17-,18-/m1/s1. The summed E-state index contributed by atoms with van der Waals surface area (Å²) in [5.74, 6) is 0.205. The van der Waals surface area contributed by atoms with Crippen molar-refractivity contribution < 1.29 is 19.4 Å². The Kier molecular flexibility index (Phi) is 3.71. The molecule has 2 fully saturated rings. The molecule has 6 atom stereocenters. The Morgan fingerprint density at radius 3 is 2.77 bits per heavy atom. The fourth-order valence-electron chi connectivity index (χ4n) is 5.60. The fraction of sp³-hybridized carbons (Fsp3) is 0.778. The molecule has 0 unspecified atom stereocenters. The molecule has 3 aliphatic rings. The molecule has 0 bridgehead atoms. The topological polar surface area (TPSA) is 63.6 Å². The lowest BCUT2D eigenvalue weighted by molar-refractivity contribution is -0.180. The Labute approximate surface area is 131 Å². The van der Waals surface area contributed by atoms with Crippen LogP contribution in [0.25, 0.3) is 0 Å². The Hall–Kier alpha value is -1.16. The van der Waals surface area contributed by atoms with E-state index in [9.17, 15) is 14.7 Å². The summed E-state index contributed by atoms with van der Waals surface area (Å²) in [5, 5.41) is 10.6. The van der Waals surface area contributed by atoms with Crippen molar-refractivity contribution in [1.29, 1.82) is 0 Å². The van der Waals surface area contributed by atoms with Crippen molar-refractivity contribution in [3.8, 4) is 0 Å². The van der Waals surface area contributed by atoms with Gasteiger partial charge in [0.05, 0.1) is 18.6 Å². The number of aliphatic hydroxyl groups excluding tert-OH is 1. The van der Waals surface area contributed by atoms with Crippen molar-refractivity contribution in [2.24, 2.45) is 28.6 Å². The van der Waals surface area contributed by atoms with Crippen LogP contribution in [0, 0.1) is 28.6 Å². The number of methoxy groups -OCH3 is 1. The number of fused-ring (bicyclic) bond motifs is 3. The first kappa shape index (κ1) is 15.7. The molecule has 3 aliphatic carbocycles. The second kappa shape index (κ2) is 5.19. The summed E-state index contributed by atoms with van der Waals surface area (Å²) >= 11 is 0. The molecule has 1 N–H and O–H groups in total. The number of rotatable bonds is 1. The van der Waals surface area contributed by atoms with Crippen molar-refractivity contribution >= 4 is 11.8 Å². The number of aliphatic hydroxyl groups is 1. The SMILES string of the molecule is COC(=O)[C@]1(C)CCC[C@@]2(C)[C@H]1C[C@@H](O)[C@@H]1CC(=O)C=C[C@@H]12. The third-order valence-corrected chi connectivity index (χ3v) is 6.75. The van der Waals surface area contributed by atoms with Gasteiger partial charge in [-0.05, 0) is 55.4 Å². The molecule has 0 saturated heterocycles. The van der Waals surface area contributed by atoms with Gasteiger partial charge in [0.15, 0.2) is 5.78 Å². The van der Waals surface area contributed by atoms with E-state index in [1.54, 1.807) is 6.08 Å². The van der Waals surface area contributed by atoms with E-state index in [1.807, 2.05) is 13.0 Å². The predicted molar refractivity (Wildman–Crippen MR) is 81.9 cm³/mol. The molecule has 4 heteroatoms. The van der Waals surface area contributed by atoms with Gasteiger partial charge in [-0.25, -0.2) is 0 Å². The average Bonchev–Trinajstić information content (AvgIpc) is 2.49. The van der Waals surface area contributed by atoms with Crippen LogP contribution in [-0.2, 0) is 14.3 Å². The summed E-state index contributed by atoms with van der Waals surface area (Å²) < 4.78 is 5.08. The zero-order chi connectivity index (χ0) is 16.1. The van der Waals surface area contributed by atoms with Gasteiger partial charge in [-0.1, -0.05) is 19.4 Å². The summed E-state index contributed by atoms with van der Waals surface area (Å²) in [5.41, 5.74) is -0.592. The van der Waals surface area contributed by atoms with Gasteiger partial charge in [0.25, 0.3) is 0 Å². The van der Waals surface area contributed by atoms with Crippen LogP contribution in [0.2, 0.25) is 0 Å². The van der Waals surface area contributed by atoms with E-state index in [-0.39, 0.29) is 34.9 Å². The molecule has 0 aromatic rings. The quantitative estimate of drug-likeness (QED) is 0.756. The highest BCUT2D eigenvalue weighted by molar-refractivity contribution is 5.90. The number of ether oxygens (including phenoxy) is 1. The third-order valence-electron chi connectivity index (χ3n) is 6.75. The van der Waals surface area contributed by atoms with Gasteiger partial charge >= 0.3 is 5.97 Å². The minimum Gasteiger partial charge on any atom is -0.469 e. The van der Waals surface area contributed by atoms with Crippen LogP contribution in [0.5, 0.6) is 0 Å². The smallest absolute Gasteiger partial charge is 0.311 e. The molecular weight excluding hydrogens is 280 g/mol. The van der Waals surface area contributed by atoms with Gasteiger partial charge in [-0.3, -0.25) is 9.59 Å². The van der Waals surface area contributed by atoms with Gasteiger partial charge in [0.2, 0.25) is 0 Å². The van der Waals surface area contributed by atoms with Crippen molar-refractivity contribution in [2.45, 2.75) is 52.1 Å². The number of carbonyl (C=O) groups excluding carboxylic acids is 2. The number of hydrogen-bond acceptors (Lipinski definition) is 4. The first-order valence-corrected chi connectivity index (χ1v) is 8.30. The molecule has 0 aliphatic heterocycles. The van der Waals surface area contributed by atoms with E-state index in [1.165, 1.54) is 7.11 Å². The molecule has 22 heavy (non-hydrogen) atoms. The highest BCUT2D eigenvalue weighted by atomic mass is 16.5. The summed E-state index contributed by atoms with van der Waals surface area (Å²) in [6.07, 6.45) is 7.01. The molecule has 3 rings (SSSR count). The van der Waals surface area contributed by atoms with Crippen LogP contribution in [0.3, 0.4) is 0 Å². The molecule has 0 radical (unpaired) electrons. The first-order chi connectivity index (χ1) is 10.3. The van der Waals surface area contributed by atoms with Crippen LogP contribution in [-0.4, -0.2) is 30.1 Å². The van der Waals surface area contributed by atoms with Gasteiger partial charge in [0, 0.05) is 6.42 Å². The molecule has 0 aromatic heterocycles. The monoisotopic (exact) mass is 306 g/mol. The normalized spacial score (nSPS) is 47.5. The lowest BCUT2D eigenvalue weighted by Gasteiger charge is -2.60. The molecule has 4 nitrogen and oxygen atoms in total. The number of carbonyl (C=O) groups is 2. The second-order valence-electron chi connectivity index (χ2n) is 7.84. The van der Waals surface area contributed by atoms with Gasteiger partial charge in [-0.2, -0.15) is 0 Å². The third kappa shape index (κ3) is 2.07. The Morgan fingerprint density at radius 2 is 2.09 bits per heavy atom. The van der Waals surface area contributed by atoms with Crippen LogP contribution in [0.1, 0.15) is 46.0 Å². The maximum atomic E-state index is 12.4. The van der Waals surface area contributed by atoms with E-state index >= 15 is 0 Å². The van der Waals surface area contributed by atoms with E-state index in [2.05, 4.69) is 6.92 Å². The van der Waals surface area contributed by atoms with Gasteiger partial charge in [0.1, 0.15) is 0 Å². The van der Waals surface area contributed by atoms with Crippen LogP contribution < -0.4 is 0 Å². The molecule has 0 heterocycles. The van der Waals surface area contributed by atoms with Crippen LogP contribution in [0.15, 0.2) is 12.2 Å². The number of ketones is 1. The molecule has 0 amide bonds. The zero-order valence-corrected chi connectivity index (χ0v) is 13.7. The van der Waals surface area contributed by atoms with Crippen molar-refractivity contribution in [3.63, 3.8) is 0 Å². The second-order valence-corrected chi connectivity index (χ2v) is 7.84. The summed E-state index contributed by atoms with van der Waals surface area (Å²) in [7, 11) is 1.45.